The molecule has 0 aliphatic carbocycles. The van der Waals surface area contributed by atoms with Gasteiger partial charge in [0.1, 0.15) is 6.10 Å². The molecule has 1 rings (SSSR count). The number of rotatable bonds is 0. The summed E-state index contributed by atoms with van der Waals surface area (Å²) in [5.74, 6) is 0. The molecule has 1 aliphatic rings. The van der Waals surface area contributed by atoms with E-state index in [1.165, 1.54) is 0 Å². The van der Waals surface area contributed by atoms with Gasteiger partial charge in [-0.15, -0.1) is 0 Å². The summed E-state index contributed by atoms with van der Waals surface area (Å²) in [6.07, 6.45) is 1.82. The first-order chi connectivity index (χ1) is 3.30. The second-order valence-electron chi connectivity index (χ2n) is 1.61. The highest BCUT2D eigenvalue weighted by atomic mass is 16.7. The number of hydrogen-bond acceptors (Lipinski definition) is 2. The Bertz CT molecular complexity index is 98.3. The quantitative estimate of drug-likeness (QED) is 0.479. The molecule has 1 aliphatic heterocycles. The molecule has 0 bridgehead atoms. The lowest BCUT2D eigenvalue weighted by molar-refractivity contribution is 0.0686. The molecule has 0 spiro atoms. The fourth-order valence-corrected chi connectivity index (χ4v) is 0.395. The van der Waals surface area contributed by atoms with Crippen LogP contribution in [0.15, 0.2) is 11.8 Å². The van der Waals surface area contributed by atoms with Crippen LogP contribution in [0.25, 0.3) is 0 Å². The van der Waals surface area contributed by atoms with Gasteiger partial charge in [0.25, 0.3) is 0 Å². The van der Waals surface area contributed by atoms with Gasteiger partial charge in [0, 0.05) is 6.20 Å². The van der Waals surface area contributed by atoms with Crippen molar-refractivity contribution >= 4 is 0 Å². The van der Waals surface area contributed by atoms with Gasteiger partial charge in [-0.2, -0.15) is 0 Å². The first kappa shape index (κ1) is 4.65. The van der Waals surface area contributed by atoms with E-state index in [9.17, 15) is 0 Å². The second-order valence-corrected chi connectivity index (χ2v) is 1.61. The Labute approximate surface area is 43.1 Å². The molecular formula is C5H8NO. The summed E-state index contributed by atoms with van der Waals surface area (Å²) in [6.45, 7) is 5.64. The number of hydrogen-bond donors (Lipinski definition) is 1. The van der Waals surface area contributed by atoms with Crippen molar-refractivity contribution in [1.29, 1.82) is 0 Å². The largest absolute Gasteiger partial charge is 0.274 e. The van der Waals surface area contributed by atoms with Gasteiger partial charge in [0.15, 0.2) is 0 Å². The third kappa shape index (κ3) is 0.747. The van der Waals surface area contributed by atoms with Gasteiger partial charge < -0.3 is 0 Å². The molecule has 0 fully saturated rings. The van der Waals surface area contributed by atoms with E-state index in [-0.39, 0.29) is 6.10 Å². The summed E-state index contributed by atoms with van der Waals surface area (Å²) in [6, 6.07) is 0. The Morgan fingerprint density at radius 3 is 2.86 bits per heavy atom. The van der Waals surface area contributed by atoms with Gasteiger partial charge in [-0.25, -0.2) is 0 Å². The predicted molar refractivity (Wildman–Crippen MR) is 27.1 cm³/mol. The maximum atomic E-state index is 4.81. The molecule has 7 heavy (non-hydrogen) atoms. The molecule has 2 heteroatoms. The van der Waals surface area contributed by atoms with Gasteiger partial charge >= 0.3 is 0 Å². The van der Waals surface area contributed by atoms with Crippen molar-refractivity contribution in [3.8, 4) is 0 Å². The second kappa shape index (κ2) is 1.54. The molecule has 1 N–H and O–H groups in total. The van der Waals surface area contributed by atoms with E-state index in [4.69, 9.17) is 4.84 Å². The minimum atomic E-state index is 0.0139. The van der Waals surface area contributed by atoms with Crippen LogP contribution in [0.2, 0.25) is 0 Å². The van der Waals surface area contributed by atoms with E-state index in [0.29, 0.717) is 0 Å². The Balaban J connectivity index is 2.54. The highest BCUT2D eigenvalue weighted by molar-refractivity contribution is 5.07. The van der Waals surface area contributed by atoms with Crippen LogP contribution in [0.1, 0.15) is 6.92 Å². The van der Waals surface area contributed by atoms with E-state index >= 15 is 0 Å². The first-order valence-electron chi connectivity index (χ1n) is 2.21. The molecule has 0 amide bonds. The third-order valence-electron chi connectivity index (χ3n) is 1.00. The van der Waals surface area contributed by atoms with Crippen LogP contribution < -0.4 is 5.48 Å². The van der Waals surface area contributed by atoms with E-state index in [1.807, 2.05) is 6.92 Å². The lowest BCUT2D eigenvalue weighted by atomic mass is 10.2. The molecule has 0 aromatic rings. The van der Waals surface area contributed by atoms with Gasteiger partial charge in [-0.3, -0.25) is 10.3 Å². The van der Waals surface area contributed by atoms with Crippen LogP contribution in [0.3, 0.4) is 0 Å². The van der Waals surface area contributed by atoms with Gasteiger partial charge in [0.2, 0.25) is 0 Å². The smallest absolute Gasteiger partial charge is 0.108 e. The summed E-state index contributed by atoms with van der Waals surface area (Å²) in [7, 11) is 0. The van der Waals surface area contributed by atoms with Crippen molar-refractivity contribution < 1.29 is 4.84 Å². The lowest BCUT2D eigenvalue weighted by Crippen LogP contribution is -2.07. The SMILES string of the molecule is [CH2]C1ONC=C1C. The molecule has 2 nitrogen and oxygen atoms in total. The van der Waals surface area contributed by atoms with E-state index in [2.05, 4.69) is 12.4 Å². The topological polar surface area (TPSA) is 21.3 Å². The van der Waals surface area contributed by atoms with Crippen LogP contribution in [-0.2, 0) is 4.84 Å². The molecule has 1 unspecified atom stereocenters. The molecule has 1 radical (unpaired) electrons. The number of nitrogens with one attached hydrogen (secondary N) is 1. The average molecular weight is 98.1 g/mol. The Morgan fingerprint density at radius 1 is 2.00 bits per heavy atom. The van der Waals surface area contributed by atoms with Crippen molar-refractivity contribution in [1.82, 2.24) is 5.48 Å². The monoisotopic (exact) mass is 98.1 g/mol. The Morgan fingerprint density at radius 2 is 2.71 bits per heavy atom. The molecule has 39 valence electrons. The minimum absolute atomic E-state index is 0.0139. The number of hydroxylamine groups is 1. The lowest BCUT2D eigenvalue weighted by Gasteiger charge is -1.98. The molecule has 1 atom stereocenters. The highest BCUT2D eigenvalue weighted by Crippen LogP contribution is 2.06. The molecule has 0 saturated heterocycles. The Kier molecular flexibility index (Phi) is 1.02. The van der Waals surface area contributed by atoms with Gasteiger partial charge in [-0.05, 0) is 19.4 Å². The minimum Gasteiger partial charge on any atom is -0.274 e. The maximum absolute atomic E-state index is 4.81. The van der Waals surface area contributed by atoms with Crippen molar-refractivity contribution in [3.63, 3.8) is 0 Å². The van der Waals surface area contributed by atoms with E-state index in [0.717, 1.165) is 5.57 Å². The van der Waals surface area contributed by atoms with Crippen molar-refractivity contribution in [2.75, 3.05) is 0 Å². The molecule has 0 aromatic carbocycles. The standard InChI is InChI=1S/C5H8NO/c1-4-3-6-7-5(4)2/h3,5-6H,2H2,1H3. The molecule has 0 aromatic heterocycles. The molecule has 1 heterocycles. The fourth-order valence-electron chi connectivity index (χ4n) is 0.395. The summed E-state index contributed by atoms with van der Waals surface area (Å²) in [5, 5.41) is 0. The van der Waals surface area contributed by atoms with Gasteiger partial charge in [-0.1, -0.05) is 0 Å². The maximum Gasteiger partial charge on any atom is 0.108 e. The van der Waals surface area contributed by atoms with E-state index in [1.54, 1.807) is 6.20 Å². The predicted octanol–water partition coefficient (Wildman–Crippen LogP) is 0.628. The van der Waals surface area contributed by atoms with Crippen molar-refractivity contribution in [2.45, 2.75) is 13.0 Å². The van der Waals surface area contributed by atoms with Crippen molar-refractivity contribution in [3.05, 3.63) is 18.7 Å². The zero-order chi connectivity index (χ0) is 5.28. The zero-order valence-corrected chi connectivity index (χ0v) is 4.27. The van der Waals surface area contributed by atoms with Crippen LogP contribution in [0.5, 0.6) is 0 Å². The van der Waals surface area contributed by atoms with Gasteiger partial charge in [0.05, 0.1) is 0 Å². The highest BCUT2D eigenvalue weighted by Gasteiger charge is 2.08. The third-order valence-corrected chi connectivity index (χ3v) is 1.00. The first-order valence-corrected chi connectivity index (χ1v) is 2.21. The van der Waals surface area contributed by atoms with Crippen LogP contribution in [0.4, 0.5) is 0 Å². The van der Waals surface area contributed by atoms with Crippen LogP contribution in [-0.4, -0.2) is 6.10 Å². The van der Waals surface area contributed by atoms with Crippen LogP contribution >= 0.6 is 0 Å². The zero-order valence-electron chi connectivity index (χ0n) is 4.27. The van der Waals surface area contributed by atoms with Crippen LogP contribution in [0, 0.1) is 6.92 Å². The average Bonchev–Trinajstić information content (AvgIpc) is 1.91. The summed E-state index contributed by atoms with van der Waals surface area (Å²) in [4.78, 5) is 4.81. The fraction of sp³-hybridized carbons (Fsp3) is 0.400. The normalized spacial score (nSPS) is 29.4. The Hall–Kier alpha value is -0.500. The summed E-state index contributed by atoms with van der Waals surface area (Å²) < 4.78 is 0. The molecular weight excluding hydrogens is 90.1 g/mol. The summed E-state index contributed by atoms with van der Waals surface area (Å²) >= 11 is 0. The summed E-state index contributed by atoms with van der Waals surface area (Å²) in [5.41, 5.74) is 3.74. The van der Waals surface area contributed by atoms with Crippen molar-refractivity contribution in [2.24, 2.45) is 0 Å². The molecule has 0 saturated carbocycles. The van der Waals surface area contributed by atoms with E-state index < -0.39 is 0 Å².